The predicted molar refractivity (Wildman–Crippen MR) is 87.9 cm³/mol. The van der Waals surface area contributed by atoms with Gasteiger partial charge in [0.15, 0.2) is 0 Å². The number of hydrogen-bond donors (Lipinski definition) is 2. The fraction of sp³-hybridized carbons (Fsp3) is 0.538. The van der Waals surface area contributed by atoms with E-state index in [0.29, 0.717) is 12.2 Å². The minimum atomic E-state index is -3.49. The average molecular weight is 337 g/mol. The first-order valence-corrected chi connectivity index (χ1v) is 9.76. The van der Waals surface area contributed by atoms with Crippen molar-refractivity contribution in [2.24, 2.45) is 0 Å². The molecule has 0 radical (unpaired) electrons. The van der Waals surface area contributed by atoms with E-state index in [2.05, 4.69) is 11.0 Å². The number of sulfonamides is 1. The number of hydrogen-bond acceptors (Lipinski definition) is 4. The van der Waals surface area contributed by atoms with Crippen LogP contribution in [-0.2, 0) is 10.0 Å². The second kappa shape index (κ2) is 8.77. The molecule has 0 bridgehead atoms. The van der Waals surface area contributed by atoms with E-state index in [-0.39, 0.29) is 9.92 Å². The van der Waals surface area contributed by atoms with E-state index in [1.54, 1.807) is 0 Å². The van der Waals surface area contributed by atoms with Crippen molar-refractivity contribution in [2.75, 3.05) is 24.3 Å². The topological polar surface area (TPSA) is 72.2 Å². The second-order valence-corrected chi connectivity index (χ2v) is 7.65. The maximum atomic E-state index is 12.0. The molecular weight excluding hydrogens is 316 g/mol. The Morgan fingerprint density at radius 2 is 1.95 bits per heavy atom. The third-order valence-corrected chi connectivity index (χ3v) is 5.33. The minimum absolute atomic E-state index is 0.152. The van der Waals surface area contributed by atoms with Crippen molar-refractivity contribution in [1.29, 1.82) is 0 Å². The highest BCUT2D eigenvalue weighted by Crippen LogP contribution is 2.22. The van der Waals surface area contributed by atoms with Gasteiger partial charge in [-0.25, -0.2) is 13.1 Å². The third kappa shape index (κ3) is 5.91. The highest BCUT2D eigenvalue weighted by Gasteiger charge is 2.14. The lowest BCUT2D eigenvalue weighted by molar-refractivity contribution is 0.574. The zero-order valence-corrected chi connectivity index (χ0v) is 14.0. The molecular formula is C13H21ClN2O2S2. The smallest absolute Gasteiger partial charge is 0.240 e. The number of benzene rings is 1. The van der Waals surface area contributed by atoms with Crippen LogP contribution in [0.2, 0.25) is 5.02 Å². The Morgan fingerprint density at radius 1 is 1.25 bits per heavy atom. The van der Waals surface area contributed by atoms with Crippen molar-refractivity contribution >= 4 is 39.1 Å². The van der Waals surface area contributed by atoms with Crippen LogP contribution in [-0.4, -0.2) is 27.0 Å². The fourth-order valence-electron chi connectivity index (χ4n) is 1.69. The zero-order valence-electron chi connectivity index (χ0n) is 11.6. The normalized spacial score (nSPS) is 11.7. The van der Waals surface area contributed by atoms with Crippen LogP contribution in [0.4, 0.5) is 5.69 Å². The van der Waals surface area contributed by atoms with Gasteiger partial charge in [0.05, 0.1) is 15.6 Å². The summed E-state index contributed by atoms with van der Waals surface area (Å²) in [6, 6.07) is 4.33. The van der Waals surface area contributed by atoms with E-state index < -0.39 is 10.0 Å². The molecule has 3 N–H and O–H groups in total. The Labute approximate surface area is 130 Å². The Kier molecular flexibility index (Phi) is 7.72. The molecule has 0 unspecified atom stereocenters. The molecule has 0 atom stereocenters. The Morgan fingerprint density at radius 3 is 2.60 bits per heavy atom. The van der Waals surface area contributed by atoms with E-state index in [1.807, 2.05) is 11.8 Å². The first kappa shape index (κ1) is 17.6. The van der Waals surface area contributed by atoms with E-state index in [9.17, 15) is 8.42 Å². The van der Waals surface area contributed by atoms with Gasteiger partial charge >= 0.3 is 0 Å². The summed E-state index contributed by atoms with van der Waals surface area (Å²) in [5, 5.41) is 0.255. The van der Waals surface area contributed by atoms with Crippen molar-refractivity contribution in [3.63, 3.8) is 0 Å². The largest absolute Gasteiger partial charge is 0.398 e. The Hall–Kier alpha value is -0.430. The number of nitrogens with two attached hydrogens (primary N) is 1. The zero-order chi connectivity index (χ0) is 15.0. The summed E-state index contributed by atoms with van der Waals surface area (Å²) in [4.78, 5) is 0.152. The third-order valence-electron chi connectivity index (χ3n) is 2.85. The summed E-state index contributed by atoms with van der Waals surface area (Å²) in [5.74, 6) is 1.16. The summed E-state index contributed by atoms with van der Waals surface area (Å²) in [6.07, 6.45) is 6.28. The maximum Gasteiger partial charge on any atom is 0.240 e. The molecule has 0 aliphatic rings. The van der Waals surface area contributed by atoms with Gasteiger partial charge in [0.25, 0.3) is 0 Å². The number of nitrogen functional groups attached to an aromatic ring is 1. The number of rotatable bonds is 9. The van der Waals surface area contributed by atoms with Crippen LogP contribution in [0, 0.1) is 0 Å². The molecule has 1 rings (SSSR count). The molecule has 1 aromatic carbocycles. The number of nitrogens with one attached hydrogen (secondary N) is 1. The molecule has 0 aliphatic carbocycles. The van der Waals surface area contributed by atoms with Gasteiger partial charge in [0, 0.05) is 6.54 Å². The molecule has 114 valence electrons. The first-order chi connectivity index (χ1) is 9.47. The van der Waals surface area contributed by atoms with Crippen molar-refractivity contribution in [1.82, 2.24) is 4.72 Å². The Balaban J connectivity index is 2.40. The predicted octanol–water partition coefficient (Wildman–Crippen LogP) is 3.12. The van der Waals surface area contributed by atoms with Crippen LogP contribution in [0.1, 0.15) is 25.7 Å². The molecule has 0 amide bonds. The molecule has 0 aliphatic heterocycles. The molecule has 4 nitrogen and oxygen atoms in total. The van der Waals surface area contributed by atoms with Gasteiger partial charge < -0.3 is 5.73 Å². The first-order valence-electron chi connectivity index (χ1n) is 6.51. The minimum Gasteiger partial charge on any atom is -0.398 e. The molecule has 1 aromatic rings. The lowest BCUT2D eigenvalue weighted by atomic mass is 10.2. The van der Waals surface area contributed by atoms with Crippen LogP contribution in [0.3, 0.4) is 0 Å². The van der Waals surface area contributed by atoms with E-state index in [4.69, 9.17) is 17.3 Å². The van der Waals surface area contributed by atoms with Gasteiger partial charge in [-0.1, -0.05) is 24.4 Å². The summed E-state index contributed by atoms with van der Waals surface area (Å²) in [7, 11) is -3.49. The Bertz CT molecular complexity index is 521. The monoisotopic (exact) mass is 336 g/mol. The van der Waals surface area contributed by atoms with Gasteiger partial charge in [0.2, 0.25) is 10.0 Å². The average Bonchev–Trinajstić information content (AvgIpc) is 2.40. The van der Waals surface area contributed by atoms with E-state index >= 15 is 0 Å². The van der Waals surface area contributed by atoms with Crippen LogP contribution < -0.4 is 10.5 Å². The van der Waals surface area contributed by atoms with Gasteiger partial charge in [0.1, 0.15) is 0 Å². The fourth-order valence-corrected chi connectivity index (χ4v) is 3.53. The maximum absolute atomic E-state index is 12.0. The second-order valence-electron chi connectivity index (χ2n) is 4.49. The number of anilines is 1. The van der Waals surface area contributed by atoms with Gasteiger partial charge in [-0.15, -0.1) is 0 Å². The van der Waals surface area contributed by atoms with Crippen LogP contribution in [0.5, 0.6) is 0 Å². The molecule has 0 saturated heterocycles. The standard InChI is InChI=1S/C13H21ClN2O2S2/c1-19-9-5-3-2-4-8-16-20(17,18)11-6-7-13(15)12(14)10-11/h6-7,10,16H,2-5,8-9,15H2,1H3. The molecule has 20 heavy (non-hydrogen) atoms. The molecule has 0 heterocycles. The summed E-state index contributed by atoms with van der Waals surface area (Å²) >= 11 is 7.67. The summed E-state index contributed by atoms with van der Waals surface area (Å²) in [6.45, 7) is 0.448. The van der Waals surface area contributed by atoms with Crippen LogP contribution in [0.25, 0.3) is 0 Å². The lowest BCUT2D eigenvalue weighted by Gasteiger charge is -2.08. The van der Waals surface area contributed by atoms with Gasteiger partial charge in [-0.2, -0.15) is 11.8 Å². The summed E-state index contributed by atoms with van der Waals surface area (Å²) in [5.41, 5.74) is 5.94. The number of halogens is 1. The van der Waals surface area contributed by atoms with Crippen molar-refractivity contribution in [2.45, 2.75) is 30.6 Å². The van der Waals surface area contributed by atoms with Crippen molar-refractivity contribution in [3.05, 3.63) is 23.2 Å². The molecule has 0 fully saturated rings. The van der Waals surface area contributed by atoms with Crippen LogP contribution in [0.15, 0.2) is 23.1 Å². The van der Waals surface area contributed by atoms with Gasteiger partial charge in [-0.05, 0) is 43.0 Å². The SMILES string of the molecule is CSCCCCCCNS(=O)(=O)c1ccc(N)c(Cl)c1. The highest BCUT2D eigenvalue weighted by molar-refractivity contribution is 7.98. The molecule has 0 saturated carbocycles. The highest BCUT2D eigenvalue weighted by atomic mass is 35.5. The summed E-state index contributed by atoms with van der Waals surface area (Å²) < 4.78 is 26.6. The molecule has 0 aromatic heterocycles. The lowest BCUT2D eigenvalue weighted by Crippen LogP contribution is -2.24. The van der Waals surface area contributed by atoms with E-state index in [1.165, 1.54) is 24.6 Å². The number of thioether (sulfide) groups is 1. The molecule has 0 spiro atoms. The number of unbranched alkanes of at least 4 members (excludes halogenated alkanes) is 3. The van der Waals surface area contributed by atoms with E-state index in [0.717, 1.165) is 25.0 Å². The van der Waals surface area contributed by atoms with Crippen molar-refractivity contribution in [3.8, 4) is 0 Å². The molecule has 7 heteroatoms. The quantitative estimate of drug-likeness (QED) is 0.537. The van der Waals surface area contributed by atoms with Crippen LogP contribution >= 0.6 is 23.4 Å². The van der Waals surface area contributed by atoms with Gasteiger partial charge in [-0.3, -0.25) is 0 Å². The van der Waals surface area contributed by atoms with Crippen molar-refractivity contribution < 1.29 is 8.42 Å².